The zero-order valence-corrected chi connectivity index (χ0v) is 12.4. The van der Waals surface area contributed by atoms with Gasteiger partial charge >= 0.3 is 5.97 Å². The number of carbonyl (C=O) groups is 1. The molecule has 2 unspecified atom stereocenters. The number of aliphatic carboxylic acids is 1. The van der Waals surface area contributed by atoms with Crippen LogP contribution in [0.4, 0.5) is 4.39 Å². The van der Waals surface area contributed by atoms with E-state index >= 15 is 0 Å². The van der Waals surface area contributed by atoms with E-state index in [1.807, 2.05) is 4.90 Å². The average Bonchev–Trinajstić information content (AvgIpc) is 2.34. The van der Waals surface area contributed by atoms with Gasteiger partial charge in [0.1, 0.15) is 11.9 Å². The summed E-state index contributed by atoms with van der Waals surface area (Å²) in [5, 5.41) is 9.30. The summed E-state index contributed by atoms with van der Waals surface area (Å²) in [6, 6.07) is 4.08. The Bertz CT molecular complexity index is 481. The number of piperidine rings is 1. The topological polar surface area (TPSA) is 40.5 Å². The van der Waals surface area contributed by atoms with Gasteiger partial charge < -0.3 is 5.11 Å². The first kappa shape index (κ1) is 14.5. The van der Waals surface area contributed by atoms with Crippen LogP contribution in [0.1, 0.15) is 25.3 Å². The van der Waals surface area contributed by atoms with Gasteiger partial charge in [0, 0.05) is 11.0 Å². The lowest BCUT2D eigenvalue weighted by Crippen LogP contribution is -2.46. The summed E-state index contributed by atoms with van der Waals surface area (Å²) in [5.74, 6) is -0.628. The molecular weight excluding hydrogens is 313 g/mol. The van der Waals surface area contributed by atoms with E-state index in [9.17, 15) is 14.3 Å². The van der Waals surface area contributed by atoms with Crippen molar-refractivity contribution >= 4 is 21.9 Å². The number of rotatable bonds is 3. The van der Waals surface area contributed by atoms with Crippen LogP contribution in [0.25, 0.3) is 0 Å². The molecule has 0 saturated carbocycles. The Morgan fingerprint density at radius 3 is 2.95 bits per heavy atom. The minimum atomic E-state index is -0.773. The van der Waals surface area contributed by atoms with Crippen LogP contribution in [0, 0.1) is 11.7 Å². The fourth-order valence-electron chi connectivity index (χ4n) is 2.51. The first-order valence-corrected chi connectivity index (χ1v) is 7.17. The summed E-state index contributed by atoms with van der Waals surface area (Å²) < 4.78 is 13.7. The molecule has 0 amide bonds. The van der Waals surface area contributed by atoms with Crippen molar-refractivity contribution in [2.75, 3.05) is 6.54 Å². The van der Waals surface area contributed by atoms with E-state index in [4.69, 9.17) is 0 Å². The van der Waals surface area contributed by atoms with Crippen molar-refractivity contribution in [1.82, 2.24) is 4.90 Å². The molecule has 0 aromatic heterocycles. The molecule has 0 spiro atoms. The van der Waals surface area contributed by atoms with Crippen LogP contribution in [0.2, 0.25) is 0 Å². The minimum Gasteiger partial charge on any atom is -0.480 e. The largest absolute Gasteiger partial charge is 0.480 e. The SMILES string of the molecule is CC1CCN(Cc2ccc(F)cc2Br)C(C(=O)O)C1. The Kier molecular flexibility index (Phi) is 4.58. The van der Waals surface area contributed by atoms with Gasteiger partial charge in [0.05, 0.1) is 0 Å². The normalized spacial score (nSPS) is 24.4. The van der Waals surface area contributed by atoms with Crippen molar-refractivity contribution < 1.29 is 14.3 Å². The molecule has 1 N–H and O–H groups in total. The predicted octanol–water partition coefficient (Wildman–Crippen LogP) is 3.27. The Balaban J connectivity index is 2.14. The summed E-state index contributed by atoms with van der Waals surface area (Å²) in [5.41, 5.74) is 0.919. The number of carboxylic acids is 1. The van der Waals surface area contributed by atoms with Crippen LogP contribution < -0.4 is 0 Å². The first-order valence-electron chi connectivity index (χ1n) is 6.38. The van der Waals surface area contributed by atoms with Crippen LogP contribution in [0.3, 0.4) is 0 Å². The molecule has 1 aromatic carbocycles. The molecule has 0 aliphatic carbocycles. The lowest BCUT2D eigenvalue weighted by atomic mass is 9.92. The smallest absolute Gasteiger partial charge is 0.320 e. The van der Waals surface area contributed by atoms with Gasteiger partial charge in [-0.3, -0.25) is 9.69 Å². The highest BCUT2D eigenvalue weighted by molar-refractivity contribution is 9.10. The molecule has 1 aliphatic rings. The molecule has 1 saturated heterocycles. The van der Waals surface area contributed by atoms with Crippen LogP contribution in [0.5, 0.6) is 0 Å². The van der Waals surface area contributed by atoms with Crippen LogP contribution in [0.15, 0.2) is 22.7 Å². The molecule has 1 aliphatic heterocycles. The Hall–Kier alpha value is -0.940. The lowest BCUT2D eigenvalue weighted by molar-refractivity contribution is -0.145. The highest BCUT2D eigenvalue weighted by Crippen LogP contribution is 2.27. The van der Waals surface area contributed by atoms with E-state index in [1.165, 1.54) is 12.1 Å². The number of nitrogens with zero attached hydrogens (tertiary/aromatic N) is 1. The van der Waals surface area contributed by atoms with E-state index < -0.39 is 12.0 Å². The molecule has 19 heavy (non-hydrogen) atoms. The number of likely N-dealkylation sites (tertiary alicyclic amines) is 1. The summed E-state index contributed by atoms with van der Waals surface area (Å²) >= 11 is 3.33. The third kappa shape index (κ3) is 3.54. The van der Waals surface area contributed by atoms with Gasteiger partial charge in [-0.25, -0.2) is 4.39 Å². The lowest BCUT2D eigenvalue weighted by Gasteiger charge is -2.36. The molecule has 3 nitrogen and oxygen atoms in total. The summed E-state index contributed by atoms with van der Waals surface area (Å²) in [4.78, 5) is 13.3. The van der Waals surface area contributed by atoms with Crippen LogP contribution in [-0.4, -0.2) is 28.6 Å². The van der Waals surface area contributed by atoms with Crippen LogP contribution in [-0.2, 0) is 11.3 Å². The zero-order chi connectivity index (χ0) is 14.0. The molecule has 0 radical (unpaired) electrons. The van der Waals surface area contributed by atoms with Gasteiger partial charge in [-0.05, 0) is 43.0 Å². The first-order chi connectivity index (χ1) is 8.97. The van der Waals surface area contributed by atoms with Gasteiger partial charge in [-0.2, -0.15) is 0 Å². The Labute approximate surface area is 120 Å². The van der Waals surface area contributed by atoms with Crippen molar-refractivity contribution in [3.63, 3.8) is 0 Å². The van der Waals surface area contributed by atoms with Crippen molar-refractivity contribution in [3.8, 4) is 0 Å². The van der Waals surface area contributed by atoms with E-state index in [-0.39, 0.29) is 5.82 Å². The summed E-state index contributed by atoms with van der Waals surface area (Å²) in [6.45, 7) is 3.38. The number of halogens is 2. The van der Waals surface area contributed by atoms with Gasteiger partial charge in [0.15, 0.2) is 0 Å². The monoisotopic (exact) mass is 329 g/mol. The quantitative estimate of drug-likeness (QED) is 0.925. The maximum absolute atomic E-state index is 13.0. The molecule has 1 fully saturated rings. The second-order valence-electron chi connectivity index (χ2n) is 5.19. The maximum Gasteiger partial charge on any atom is 0.320 e. The Morgan fingerprint density at radius 2 is 2.32 bits per heavy atom. The summed E-state index contributed by atoms with van der Waals surface area (Å²) in [6.07, 6.45) is 1.68. The van der Waals surface area contributed by atoms with Crippen LogP contribution >= 0.6 is 15.9 Å². The zero-order valence-electron chi connectivity index (χ0n) is 10.8. The maximum atomic E-state index is 13.0. The van der Waals surface area contributed by atoms with Gasteiger partial charge in [0.25, 0.3) is 0 Å². The molecule has 2 atom stereocenters. The van der Waals surface area contributed by atoms with E-state index in [2.05, 4.69) is 22.9 Å². The molecule has 104 valence electrons. The van der Waals surface area contributed by atoms with Gasteiger partial charge in [-0.1, -0.05) is 28.9 Å². The molecule has 5 heteroatoms. The van der Waals surface area contributed by atoms with Crippen molar-refractivity contribution in [1.29, 1.82) is 0 Å². The predicted molar refractivity (Wildman–Crippen MR) is 74.3 cm³/mol. The average molecular weight is 330 g/mol. The number of hydrogen-bond donors (Lipinski definition) is 1. The van der Waals surface area contributed by atoms with Crippen molar-refractivity contribution in [2.45, 2.75) is 32.4 Å². The van der Waals surface area contributed by atoms with E-state index in [0.717, 1.165) is 18.5 Å². The van der Waals surface area contributed by atoms with Crippen molar-refractivity contribution in [3.05, 3.63) is 34.1 Å². The second kappa shape index (κ2) is 6.01. The van der Waals surface area contributed by atoms with E-state index in [0.29, 0.717) is 23.4 Å². The fourth-order valence-corrected chi connectivity index (χ4v) is 2.98. The third-order valence-electron chi connectivity index (χ3n) is 3.65. The second-order valence-corrected chi connectivity index (χ2v) is 6.04. The third-order valence-corrected chi connectivity index (χ3v) is 4.39. The number of benzene rings is 1. The minimum absolute atomic E-state index is 0.294. The Morgan fingerprint density at radius 1 is 1.58 bits per heavy atom. The van der Waals surface area contributed by atoms with Crippen molar-refractivity contribution in [2.24, 2.45) is 5.92 Å². The standard InChI is InChI=1S/C14H17BrFNO2/c1-9-4-5-17(13(6-9)14(18)19)8-10-2-3-11(16)7-12(10)15/h2-3,7,9,13H,4-6,8H2,1H3,(H,18,19). The molecule has 1 aromatic rings. The summed E-state index contributed by atoms with van der Waals surface area (Å²) in [7, 11) is 0. The number of hydrogen-bond acceptors (Lipinski definition) is 2. The fraction of sp³-hybridized carbons (Fsp3) is 0.500. The van der Waals surface area contributed by atoms with Gasteiger partial charge in [0.2, 0.25) is 0 Å². The molecule has 1 heterocycles. The highest BCUT2D eigenvalue weighted by atomic mass is 79.9. The molecular formula is C14H17BrFNO2. The molecule has 2 rings (SSSR count). The van der Waals surface area contributed by atoms with E-state index in [1.54, 1.807) is 6.07 Å². The number of carboxylic acid groups (broad SMARTS) is 1. The highest BCUT2D eigenvalue weighted by Gasteiger charge is 2.31. The van der Waals surface area contributed by atoms with Gasteiger partial charge in [-0.15, -0.1) is 0 Å². The molecule has 0 bridgehead atoms.